The minimum Gasteiger partial charge on any atom is -0.316 e. The first-order chi connectivity index (χ1) is 11.0. The smallest absolute Gasteiger partial charge is 0.233 e. The molecular formula is C16H20N4OS2. The third kappa shape index (κ3) is 4.10. The van der Waals surface area contributed by atoms with Gasteiger partial charge in [0.1, 0.15) is 0 Å². The molecule has 0 bridgehead atoms. The average Bonchev–Trinajstić information content (AvgIpc) is 3.17. The van der Waals surface area contributed by atoms with Crippen LogP contribution in [0.25, 0.3) is 0 Å². The summed E-state index contributed by atoms with van der Waals surface area (Å²) in [5.41, 5.74) is 2.17. The number of amides is 1. The lowest BCUT2D eigenvalue weighted by atomic mass is 9.89. The average molecular weight is 348 g/mol. The summed E-state index contributed by atoms with van der Waals surface area (Å²) in [4.78, 5) is 12.3. The highest BCUT2D eigenvalue weighted by molar-refractivity contribution is 8.00. The fourth-order valence-electron chi connectivity index (χ4n) is 2.41. The van der Waals surface area contributed by atoms with Gasteiger partial charge in [-0.05, 0) is 32.4 Å². The van der Waals surface area contributed by atoms with Crippen molar-refractivity contribution in [3.05, 3.63) is 35.4 Å². The molecule has 5 nitrogen and oxygen atoms in total. The highest BCUT2D eigenvalue weighted by Crippen LogP contribution is 2.31. The van der Waals surface area contributed by atoms with Crippen molar-refractivity contribution in [2.75, 3.05) is 18.4 Å². The number of hydrogen-bond acceptors (Lipinski definition) is 6. The van der Waals surface area contributed by atoms with Crippen LogP contribution in [0.2, 0.25) is 0 Å². The van der Waals surface area contributed by atoms with E-state index in [2.05, 4.69) is 52.0 Å². The molecule has 0 aliphatic carbocycles. The predicted molar refractivity (Wildman–Crippen MR) is 94.9 cm³/mol. The summed E-state index contributed by atoms with van der Waals surface area (Å²) in [7, 11) is 0. The predicted octanol–water partition coefficient (Wildman–Crippen LogP) is 3.08. The summed E-state index contributed by atoms with van der Waals surface area (Å²) in [6.45, 7) is 5.66. The van der Waals surface area contributed by atoms with Crippen LogP contribution in [0, 0.1) is 12.3 Å². The minimum absolute atomic E-state index is 0.0220. The summed E-state index contributed by atoms with van der Waals surface area (Å²) in [5.74, 6) is 0.874. The second-order valence-corrected chi connectivity index (χ2v) is 8.29. The number of aromatic nitrogens is 2. The number of rotatable bonds is 5. The Bertz CT molecular complexity index is 678. The maximum atomic E-state index is 12.3. The Kier molecular flexibility index (Phi) is 4.99. The summed E-state index contributed by atoms with van der Waals surface area (Å²) in [6.07, 6.45) is 0.854. The highest BCUT2D eigenvalue weighted by Gasteiger charge is 2.36. The minimum atomic E-state index is -0.346. The molecule has 0 saturated carbocycles. The maximum Gasteiger partial charge on any atom is 0.233 e. The molecule has 3 rings (SSSR count). The van der Waals surface area contributed by atoms with E-state index >= 15 is 0 Å². The molecule has 1 aliphatic rings. The van der Waals surface area contributed by atoms with Crippen molar-refractivity contribution in [3.63, 3.8) is 0 Å². The van der Waals surface area contributed by atoms with Crippen molar-refractivity contribution in [1.82, 2.24) is 15.5 Å². The van der Waals surface area contributed by atoms with Gasteiger partial charge < -0.3 is 5.32 Å². The lowest BCUT2D eigenvalue weighted by molar-refractivity contribution is -0.123. The van der Waals surface area contributed by atoms with Crippen LogP contribution in [0.15, 0.2) is 28.6 Å². The zero-order valence-electron chi connectivity index (χ0n) is 13.3. The molecule has 1 aromatic heterocycles. The first-order valence-electron chi connectivity index (χ1n) is 7.59. The molecule has 1 amide bonds. The Hall–Kier alpha value is -1.44. The van der Waals surface area contributed by atoms with Crippen molar-refractivity contribution in [1.29, 1.82) is 0 Å². The lowest BCUT2D eigenvalue weighted by Gasteiger charge is -2.20. The quantitative estimate of drug-likeness (QED) is 0.642. The van der Waals surface area contributed by atoms with Gasteiger partial charge in [-0.15, -0.1) is 10.2 Å². The van der Waals surface area contributed by atoms with E-state index < -0.39 is 0 Å². The van der Waals surface area contributed by atoms with Crippen molar-refractivity contribution < 1.29 is 4.79 Å². The molecule has 7 heteroatoms. The van der Waals surface area contributed by atoms with Crippen molar-refractivity contribution >= 4 is 34.1 Å². The number of carbonyl (C=O) groups excluding carboxylic acids is 1. The van der Waals surface area contributed by atoms with Gasteiger partial charge in [0.05, 0.1) is 5.41 Å². The summed E-state index contributed by atoms with van der Waals surface area (Å²) >= 11 is 3.07. The molecule has 2 N–H and O–H groups in total. The lowest BCUT2D eigenvalue weighted by Crippen LogP contribution is -2.35. The van der Waals surface area contributed by atoms with E-state index in [4.69, 9.17) is 0 Å². The standard InChI is InChI=1S/C16H20N4OS2/c1-11-3-5-12(6-4-11)9-22-15-20-19-14(23-15)18-13(21)16(2)7-8-17-10-16/h3-6,17H,7-10H2,1-2H3,(H,18,19,21). The SMILES string of the molecule is Cc1ccc(CSc2nnc(NC(=O)C3(C)CCNC3)s2)cc1. The van der Waals surface area contributed by atoms with Gasteiger partial charge in [-0.3, -0.25) is 10.1 Å². The number of nitrogens with one attached hydrogen (secondary N) is 2. The van der Waals surface area contributed by atoms with E-state index in [1.807, 2.05) is 6.92 Å². The van der Waals surface area contributed by atoms with Gasteiger partial charge in [0.2, 0.25) is 11.0 Å². The molecular weight excluding hydrogens is 328 g/mol. The molecule has 23 heavy (non-hydrogen) atoms. The molecule has 0 radical (unpaired) electrons. The number of thioether (sulfide) groups is 1. The van der Waals surface area contributed by atoms with E-state index in [1.165, 1.54) is 22.5 Å². The van der Waals surface area contributed by atoms with Gasteiger partial charge in [-0.25, -0.2) is 0 Å². The summed E-state index contributed by atoms with van der Waals surface area (Å²) in [6, 6.07) is 8.47. The molecule has 1 aromatic carbocycles. The largest absolute Gasteiger partial charge is 0.316 e. The van der Waals surface area contributed by atoms with E-state index in [9.17, 15) is 4.79 Å². The van der Waals surface area contributed by atoms with Crippen LogP contribution < -0.4 is 10.6 Å². The molecule has 2 aromatic rings. The Morgan fingerprint density at radius 2 is 2.17 bits per heavy atom. The Morgan fingerprint density at radius 1 is 1.39 bits per heavy atom. The number of carbonyl (C=O) groups is 1. The van der Waals surface area contributed by atoms with Crippen molar-refractivity contribution in [2.24, 2.45) is 5.41 Å². The zero-order chi connectivity index (χ0) is 16.3. The monoisotopic (exact) mass is 348 g/mol. The highest BCUT2D eigenvalue weighted by atomic mass is 32.2. The van der Waals surface area contributed by atoms with Crippen LogP contribution in [0.5, 0.6) is 0 Å². The van der Waals surface area contributed by atoms with E-state index in [-0.39, 0.29) is 11.3 Å². The normalized spacial score (nSPS) is 20.6. The molecule has 0 spiro atoms. The van der Waals surface area contributed by atoms with Crippen molar-refractivity contribution in [2.45, 2.75) is 30.4 Å². The third-order valence-electron chi connectivity index (χ3n) is 4.03. The van der Waals surface area contributed by atoms with Crippen LogP contribution in [0.4, 0.5) is 5.13 Å². The topological polar surface area (TPSA) is 66.9 Å². The molecule has 1 aliphatic heterocycles. The second-order valence-electron chi connectivity index (χ2n) is 6.09. The molecule has 122 valence electrons. The first kappa shape index (κ1) is 16.4. The first-order valence-corrected chi connectivity index (χ1v) is 9.39. The molecule has 1 saturated heterocycles. The van der Waals surface area contributed by atoms with E-state index in [0.717, 1.165) is 23.1 Å². The molecule has 1 fully saturated rings. The molecule has 2 heterocycles. The Labute approximate surface area is 144 Å². The van der Waals surface area contributed by atoms with Crippen LogP contribution in [0.1, 0.15) is 24.5 Å². The van der Waals surface area contributed by atoms with Crippen LogP contribution >= 0.6 is 23.1 Å². The molecule has 1 atom stereocenters. The second kappa shape index (κ2) is 6.98. The number of anilines is 1. The van der Waals surface area contributed by atoms with Gasteiger partial charge in [-0.1, -0.05) is 52.9 Å². The van der Waals surface area contributed by atoms with Gasteiger partial charge in [0.15, 0.2) is 4.34 Å². The Morgan fingerprint density at radius 3 is 2.87 bits per heavy atom. The number of aryl methyl sites for hydroxylation is 1. The summed E-state index contributed by atoms with van der Waals surface area (Å²) < 4.78 is 0.871. The van der Waals surface area contributed by atoms with Crippen molar-refractivity contribution in [3.8, 4) is 0 Å². The fraction of sp³-hybridized carbons (Fsp3) is 0.438. The maximum absolute atomic E-state index is 12.3. The number of hydrogen-bond donors (Lipinski definition) is 2. The third-order valence-corrected chi connectivity index (χ3v) is 6.07. The molecule has 1 unspecified atom stereocenters. The fourth-order valence-corrected chi connectivity index (χ4v) is 4.11. The van der Waals surface area contributed by atoms with E-state index in [1.54, 1.807) is 11.8 Å². The van der Waals surface area contributed by atoms with Crippen LogP contribution in [-0.2, 0) is 10.5 Å². The van der Waals surface area contributed by atoms with Gasteiger partial charge >= 0.3 is 0 Å². The van der Waals surface area contributed by atoms with E-state index in [0.29, 0.717) is 11.7 Å². The number of benzene rings is 1. The zero-order valence-corrected chi connectivity index (χ0v) is 14.9. The van der Waals surface area contributed by atoms with Gasteiger partial charge in [-0.2, -0.15) is 0 Å². The Balaban J connectivity index is 1.55. The summed E-state index contributed by atoms with van der Waals surface area (Å²) in [5, 5.41) is 14.9. The van der Waals surface area contributed by atoms with Crippen LogP contribution in [-0.4, -0.2) is 29.2 Å². The number of nitrogens with zero attached hydrogens (tertiary/aromatic N) is 2. The van der Waals surface area contributed by atoms with Gasteiger partial charge in [0, 0.05) is 12.3 Å². The van der Waals surface area contributed by atoms with Crippen LogP contribution in [0.3, 0.4) is 0 Å². The van der Waals surface area contributed by atoms with Gasteiger partial charge in [0.25, 0.3) is 0 Å².